The molecule has 0 bridgehead atoms. The van der Waals surface area contributed by atoms with Crippen molar-refractivity contribution in [3.8, 4) is 11.5 Å². The maximum absolute atomic E-state index is 13.4. The van der Waals surface area contributed by atoms with E-state index in [1.54, 1.807) is 0 Å². The third-order valence-corrected chi connectivity index (χ3v) is 6.34. The summed E-state index contributed by atoms with van der Waals surface area (Å²) in [6.07, 6.45) is 1.52. The summed E-state index contributed by atoms with van der Waals surface area (Å²) in [5.41, 5.74) is 3.23. The van der Waals surface area contributed by atoms with Crippen LogP contribution in [0.3, 0.4) is 0 Å². The monoisotopic (exact) mass is 421 g/mol. The lowest BCUT2D eigenvalue weighted by Crippen LogP contribution is -2.43. The fraction of sp³-hybridized carbons (Fsp3) is 0.417. The Labute approximate surface area is 180 Å². The Bertz CT molecular complexity index is 1170. The van der Waals surface area contributed by atoms with Crippen LogP contribution in [0.5, 0.6) is 11.5 Å². The zero-order chi connectivity index (χ0) is 21.5. The second-order valence-corrected chi connectivity index (χ2v) is 9.00. The molecule has 2 aliphatic heterocycles. The second kappa shape index (κ2) is 7.80. The first-order chi connectivity index (χ1) is 15.0. The predicted octanol–water partition coefficient (Wildman–Crippen LogP) is 3.61. The number of benzene rings is 2. The molecule has 1 saturated heterocycles. The number of carbonyl (C=O) groups is 1. The van der Waals surface area contributed by atoms with Gasteiger partial charge in [0.05, 0.1) is 11.0 Å². The van der Waals surface area contributed by atoms with Gasteiger partial charge in [0, 0.05) is 25.4 Å². The molecule has 3 atom stereocenters. The maximum Gasteiger partial charge on any atom is 0.323 e. The van der Waals surface area contributed by atoms with Crippen LogP contribution in [0.4, 0.5) is 0 Å². The molecule has 1 fully saturated rings. The topological polar surface area (TPSA) is 87.4 Å². The van der Waals surface area contributed by atoms with Crippen molar-refractivity contribution >= 4 is 16.9 Å². The van der Waals surface area contributed by atoms with Gasteiger partial charge in [-0.05, 0) is 53.6 Å². The summed E-state index contributed by atoms with van der Waals surface area (Å²) in [6, 6.07) is 11.7. The fourth-order valence-electron chi connectivity index (χ4n) is 5.00. The highest BCUT2D eigenvalue weighted by molar-refractivity contribution is 5.79. The van der Waals surface area contributed by atoms with Crippen LogP contribution in [0, 0.1) is 11.8 Å². The molecule has 3 heterocycles. The molecule has 2 aliphatic rings. The highest BCUT2D eigenvalue weighted by Crippen LogP contribution is 2.38. The van der Waals surface area contributed by atoms with Crippen molar-refractivity contribution in [2.75, 3.05) is 19.9 Å². The Morgan fingerprint density at radius 3 is 2.48 bits per heavy atom. The lowest BCUT2D eigenvalue weighted by atomic mass is 9.86. The van der Waals surface area contributed by atoms with Gasteiger partial charge >= 0.3 is 5.69 Å². The summed E-state index contributed by atoms with van der Waals surface area (Å²) in [7, 11) is 0. The molecular formula is C24H27N3O4. The van der Waals surface area contributed by atoms with Gasteiger partial charge in [-0.2, -0.15) is 0 Å². The molecule has 2 aromatic carbocycles. The van der Waals surface area contributed by atoms with E-state index in [-0.39, 0.29) is 24.3 Å². The second-order valence-electron chi connectivity index (χ2n) is 9.00. The van der Waals surface area contributed by atoms with Gasteiger partial charge in [-0.3, -0.25) is 4.79 Å². The summed E-state index contributed by atoms with van der Waals surface area (Å²) in [5.74, 6) is 2.45. The van der Waals surface area contributed by atoms with Crippen molar-refractivity contribution < 1.29 is 14.3 Å². The van der Waals surface area contributed by atoms with E-state index in [4.69, 9.17) is 9.47 Å². The van der Waals surface area contributed by atoms with Crippen molar-refractivity contribution in [2.24, 2.45) is 11.8 Å². The number of amides is 1. The Morgan fingerprint density at radius 2 is 1.68 bits per heavy atom. The molecule has 1 amide bonds. The molecule has 0 saturated carbocycles. The van der Waals surface area contributed by atoms with Gasteiger partial charge < -0.3 is 24.3 Å². The number of hydrogen-bond donors (Lipinski definition) is 2. The van der Waals surface area contributed by atoms with E-state index in [9.17, 15) is 9.59 Å². The third kappa shape index (κ3) is 3.92. The molecule has 0 spiro atoms. The molecule has 3 aromatic rings. The van der Waals surface area contributed by atoms with Gasteiger partial charge in [-0.1, -0.05) is 26.0 Å². The van der Waals surface area contributed by atoms with Crippen LogP contribution in [0.25, 0.3) is 11.0 Å². The van der Waals surface area contributed by atoms with E-state index in [1.807, 2.05) is 41.3 Å². The zero-order valence-electron chi connectivity index (χ0n) is 17.8. The molecule has 31 heavy (non-hydrogen) atoms. The van der Waals surface area contributed by atoms with Crippen LogP contribution in [0.2, 0.25) is 0 Å². The highest BCUT2D eigenvalue weighted by atomic mass is 16.7. The molecule has 7 nitrogen and oxygen atoms in total. The molecule has 5 rings (SSSR count). The third-order valence-electron chi connectivity index (χ3n) is 6.34. The number of ether oxygens (including phenoxy) is 2. The quantitative estimate of drug-likeness (QED) is 0.674. The molecule has 2 N–H and O–H groups in total. The Balaban J connectivity index is 1.50. The van der Waals surface area contributed by atoms with Crippen LogP contribution < -0.4 is 15.2 Å². The number of piperidine rings is 1. The molecule has 0 radical (unpaired) electrons. The SMILES string of the molecule is CC1CC(C)CN(C(=O)CC(c2ccc3c(c2)OCO3)c2ccc3[nH]c(=O)[nH]c3c2)C1. The first-order valence-corrected chi connectivity index (χ1v) is 10.9. The van der Waals surface area contributed by atoms with E-state index < -0.39 is 0 Å². The first-order valence-electron chi connectivity index (χ1n) is 10.9. The van der Waals surface area contributed by atoms with Gasteiger partial charge in [0.15, 0.2) is 11.5 Å². The van der Waals surface area contributed by atoms with Crippen LogP contribution in [0.15, 0.2) is 41.2 Å². The van der Waals surface area contributed by atoms with Crippen molar-refractivity contribution in [3.63, 3.8) is 0 Å². The summed E-state index contributed by atoms with van der Waals surface area (Å²) >= 11 is 0. The van der Waals surface area contributed by atoms with Gasteiger partial charge in [-0.15, -0.1) is 0 Å². The maximum atomic E-state index is 13.4. The molecular weight excluding hydrogens is 394 g/mol. The minimum Gasteiger partial charge on any atom is -0.454 e. The number of H-pyrrole nitrogens is 2. The average molecular weight is 421 g/mol. The minimum atomic E-state index is -0.237. The van der Waals surface area contributed by atoms with Gasteiger partial charge in [0.1, 0.15) is 0 Å². The van der Waals surface area contributed by atoms with Crippen LogP contribution >= 0.6 is 0 Å². The minimum absolute atomic E-state index is 0.155. The van der Waals surface area contributed by atoms with E-state index >= 15 is 0 Å². The van der Waals surface area contributed by atoms with Crippen molar-refractivity contribution in [3.05, 3.63) is 58.0 Å². The summed E-state index contributed by atoms with van der Waals surface area (Å²) in [5, 5.41) is 0. The molecule has 3 unspecified atom stereocenters. The average Bonchev–Trinajstić information content (AvgIpc) is 3.35. The van der Waals surface area contributed by atoms with Gasteiger partial charge in [-0.25, -0.2) is 4.79 Å². The first kappa shape index (κ1) is 19.7. The van der Waals surface area contributed by atoms with Crippen molar-refractivity contribution in [1.29, 1.82) is 0 Å². The normalized spacial score (nSPS) is 21.4. The molecule has 0 aliphatic carbocycles. The molecule has 162 valence electrons. The van der Waals surface area contributed by atoms with Crippen LogP contribution in [-0.2, 0) is 4.79 Å². The van der Waals surface area contributed by atoms with Crippen LogP contribution in [-0.4, -0.2) is 40.7 Å². The van der Waals surface area contributed by atoms with E-state index in [0.29, 0.717) is 24.0 Å². The van der Waals surface area contributed by atoms with Crippen LogP contribution in [0.1, 0.15) is 43.7 Å². The van der Waals surface area contributed by atoms with E-state index in [2.05, 4.69) is 23.8 Å². The number of carbonyl (C=O) groups excluding carboxylic acids is 1. The number of nitrogens with zero attached hydrogens (tertiary/aromatic N) is 1. The van der Waals surface area contributed by atoms with Gasteiger partial charge in [0.2, 0.25) is 12.7 Å². The summed E-state index contributed by atoms with van der Waals surface area (Å²) in [6.45, 7) is 6.24. The molecule has 1 aromatic heterocycles. The van der Waals surface area contributed by atoms with Crippen molar-refractivity contribution in [2.45, 2.75) is 32.6 Å². The number of rotatable bonds is 4. The number of likely N-dealkylation sites (tertiary alicyclic amines) is 1. The fourth-order valence-corrected chi connectivity index (χ4v) is 5.00. The number of hydrogen-bond acceptors (Lipinski definition) is 4. The highest BCUT2D eigenvalue weighted by Gasteiger charge is 2.29. The Hall–Kier alpha value is -3.22. The standard InChI is InChI=1S/C24H27N3O4/c1-14-7-15(2)12-27(11-14)23(28)10-18(17-4-6-21-22(9-17)31-13-30-21)16-3-5-19-20(8-16)26-24(29)25-19/h3-6,8-9,14-15,18H,7,10-13H2,1-2H3,(H2,25,26,29). The Kier molecular flexibility index (Phi) is 4.96. The number of nitrogens with one attached hydrogen (secondary N) is 2. The Morgan fingerprint density at radius 1 is 1.00 bits per heavy atom. The smallest absolute Gasteiger partial charge is 0.323 e. The number of aromatic amines is 2. The van der Waals surface area contributed by atoms with Crippen molar-refractivity contribution in [1.82, 2.24) is 14.9 Å². The predicted molar refractivity (Wildman–Crippen MR) is 117 cm³/mol. The lowest BCUT2D eigenvalue weighted by Gasteiger charge is -2.36. The summed E-state index contributed by atoms with van der Waals surface area (Å²) < 4.78 is 11.0. The lowest BCUT2D eigenvalue weighted by molar-refractivity contribution is -0.134. The molecule has 7 heteroatoms. The largest absolute Gasteiger partial charge is 0.454 e. The zero-order valence-corrected chi connectivity index (χ0v) is 17.8. The number of aromatic nitrogens is 2. The number of imidazole rings is 1. The van der Waals surface area contributed by atoms with Gasteiger partial charge in [0.25, 0.3) is 0 Å². The summed E-state index contributed by atoms with van der Waals surface area (Å²) in [4.78, 5) is 32.7. The van der Waals surface area contributed by atoms with E-state index in [1.165, 1.54) is 0 Å². The van der Waals surface area contributed by atoms with E-state index in [0.717, 1.165) is 47.4 Å². The number of fused-ring (bicyclic) bond motifs is 2.